The molecule has 1 atom stereocenters. The van der Waals surface area contributed by atoms with E-state index in [0.717, 1.165) is 51.1 Å². The Kier molecular flexibility index (Phi) is 5.34. The molecule has 6 nitrogen and oxygen atoms in total. The van der Waals surface area contributed by atoms with E-state index in [9.17, 15) is 0 Å². The van der Waals surface area contributed by atoms with Crippen LogP contribution >= 0.6 is 0 Å². The van der Waals surface area contributed by atoms with Crippen LogP contribution in [0.3, 0.4) is 0 Å². The number of nitrogens with zero attached hydrogens (tertiary/aromatic N) is 5. The Hall–Kier alpha value is -2.08. The lowest BCUT2D eigenvalue weighted by molar-refractivity contribution is 0.165. The molecule has 1 aromatic heterocycles. The average Bonchev–Trinajstić information content (AvgIpc) is 3.19. The van der Waals surface area contributed by atoms with Crippen LogP contribution in [0.25, 0.3) is 0 Å². The Bertz CT molecular complexity index is 751. The molecule has 0 saturated carbocycles. The zero-order valence-corrected chi connectivity index (χ0v) is 16.8. The van der Waals surface area contributed by atoms with Gasteiger partial charge in [-0.3, -0.25) is 4.90 Å². The van der Waals surface area contributed by atoms with Crippen LogP contribution in [0.15, 0.2) is 28.8 Å². The molecule has 0 N–H and O–H groups in total. The second-order valence-corrected chi connectivity index (χ2v) is 8.14. The van der Waals surface area contributed by atoms with Crippen molar-refractivity contribution in [3.05, 3.63) is 35.7 Å². The molecule has 0 amide bonds. The van der Waals surface area contributed by atoms with E-state index < -0.39 is 0 Å². The maximum Gasteiger partial charge on any atom is 0.266 e. The first-order valence-corrected chi connectivity index (χ1v) is 10.2. The summed E-state index contributed by atoms with van der Waals surface area (Å²) in [7, 11) is 0. The molecule has 6 heteroatoms. The minimum Gasteiger partial charge on any atom is -0.369 e. The van der Waals surface area contributed by atoms with E-state index >= 15 is 0 Å². The highest BCUT2D eigenvalue weighted by atomic mass is 16.5. The summed E-state index contributed by atoms with van der Waals surface area (Å²) in [6.45, 7) is 12.8. The van der Waals surface area contributed by atoms with E-state index in [2.05, 4.69) is 69.9 Å². The molecule has 2 fully saturated rings. The Morgan fingerprint density at radius 2 is 1.81 bits per heavy atom. The smallest absolute Gasteiger partial charge is 0.266 e. The van der Waals surface area contributed by atoms with E-state index in [4.69, 9.17) is 4.52 Å². The fraction of sp³-hybridized carbons (Fsp3) is 0.619. The van der Waals surface area contributed by atoms with Gasteiger partial charge in [0.15, 0.2) is 0 Å². The van der Waals surface area contributed by atoms with E-state index in [1.165, 1.54) is 24.1 Å². The third-order valence-electron chi connectivity index (χ3n) is 5.89. The van der Waals surface area contributed by atoms with E-state index in [0.29, 0.717) is 6.04 Å². The summed E-state index contributed by atoms with van der Waals surface area (Å²) in [5.41, 5.74) is 2.75. The molecule has 0 spiro atoms. The molecule has 1 aromatic carbocycles. The van der Waals surface area contributed by atoms with Gasteiger partial charge in [-0.15, -0.1) is 0 Å². The van der Waals surface area contributed by atoms with E-state index in [-0.39, 0.29) is 5.92 Å². The number of piperazine rings is 1. The summed E-state index contributed by atoms with van der Waals surface area (Å²) < 4.78 is 5.41. The van der Waals surface area contributed by atoms with Crippen molar-refractivity contribution >= 4 is 11.6 Å². The first kappa shape index (κ1) is 18.3. The molecule has 2 aliphatic rings. The Morgan fingerprint density at radius 3 is 2.52 bits per heavy atom. The quantitative estimate of drug-likeness (QED) is 0.824. The fourth-order valence-electron chi connectivity index (χ4n) is 4.27. The number of anilines is 2. The average molecular weight is 370 g/mol. The topological polar surface area (TPSA) is 48.6 Å². The molecular weight excluding hydrogens is 338 g/mol. The maximum atomic E-state index is 5.41. The van der Waals surface area contributed by atoms with Gasteiger partial charge < -0.3 is 14.3 Å². The molecule has 146 valence electrons. The molecular formula is C21H31N5O. The van der Waals surface area contributed by atoms with Crippen LogP contribution in [0.1, 0.15) is 44.1 Å². The standard InChI is InChI=1S/C21H31N5O/c1-16(2)20-22-21(23-27-20)26-10-6-8-18(15-26)24-11-13-25(14-12-24)19-9-5-4-7-17(19)3/h4-5,7,9,16,18H,6,8,10-15H2,1-3H3/t18-/m0/s1. The number of benzene rings is 1. The van der Waals surface area contributed by atoms with Crippen LogP contribution in [0.2, 0.25) is 0 Å². The molecule has 0 bridgehead atoms. The van der Waals surface area contributed by atoms with Crippen LogP contribution in [0.4, 0.5) is 11.6 Å². The number of para-hydroxylation sites is 1. The summed E-state index contributed by atoms with van der Waals surface area (Å²) in [5.74, 6) is 1.78. The summed E-state index contributed by atoms with van der Waals surface area (Å²) in [4.78, 5) is 12.1. The van der Waals surface area contributed by atoms with Gasteiger partial charge in [-0.2, -0.15) is 4.98 Å². The van der Waals surface area contributed by atoms with Crippen molar-refractivity contribution < 1.29 is 4.52 Å². The van der Waals surface area contributed by atoms with E-state index in [1.807, 2.05) is 0 Å². The van der Waals surface area contributed by atoms with Gasteiger partial charge in [-0.25, -0.2) is 0 Å². The summed E-state index contributed by atoms with van der Waals surface area (Å²) in [5, 5.41) is 4.22. The molecule has 2 aromatic rings. The molecule has 0 radical (unpaired) electrons. The van der Waals surface area contributed by atoms with Gasteiger partial charge in [0.2, 0.25) is 5.89 Å². The predicted molar refractivity (Wildman–Crippen MR) is 109 cm³/mol. The Balaban J connectivity index is 1.36. The number of hydrogen-bond donors (Lipinski definition) is 0. The van der Waals surface area contributed by atoms with Crippen molar-refractivity contribution in [2.45, 2.75) is 45.6 Å². The largest absolute Gasteiger partial charge is 0.369 e. The minimum absolute atomic E-state index is 0.279. The number of hydrogen-bond acceptors (Lipinski definition) is 6. The highest BCUT2D eigenvalue weighted by molar-refractivity contribution is 5.53. The van der Waals surface area contributed by atoms with Gasteiger partial charge in [0.25, 0.3) is 5.95 Å². The van der Waals surface area contributed by atoms with Gasteiger partial charge in [-0.05, 0) is 36.6 Å². The lowest BCUT2D eigenvalue weighted by Crippen LogP contribution is -2.55. The van der Waals surface area contributed by atoms with Gasteiger partial charge in [0.05, 0.1) is 0 Å². The first-order chi connectivity index (χ1) is 13.1. The molecule has 0 aliphatic carbocycles. The Morgan fingerprint density at radius 1 is 1.04 bits per heavy atom. The first-order valence-electron chi connectivity index (χ1n) is 10.2. The zero-order chi connectivity index (χ0) is 18.8. The number of piperidine rings is 1. The molecule has 27 heavy (non-hydrogen) atoms. The van der Waals surface area contributed by atoms with Crippen LogP contribution in [0, 0.1) is 6.92 Å². The van der Waals surface area contributed by atoms with Crippen molar-refractivity contribution in [3.8, 4) is 0 Å². The summed E-state index contributed by atoms with van der Waals surface area (Å²) in [6, 6.07) is 9.30. The monoisotopic (exact) mass is 369 g/mol. The van der Waals surface area contributed by atoms with Gasteiger partial charge >= 0.3 is 0 Å². The molecule has 4 rings (SSSR count). The van der Waals surface area contributed by atoms with Crippen molar-refractivity contribution in [3.63, 3.8) is 0 Å². The van der Waals surface area contributed by atoms with Crippen LogP contribution in [-0.2, 0) is 0 Å². The van der Waals surface area contributed by atoms with Crippen LogP contribution in [0.5, 0.6) is 0 Å². The van der Waals surface area contributed by atoms with Crippen molar-refractivity contribution in [1.29, 1.82) is 0 Å². The zero-order valence-electron chi connectivity index (χ0n) is 16.8. The second kappa shape index (κ2) is 7.89. The third-order valence-corrected chi connectivity index (χ3v) is 5.89. The van der Waals surface area contributed by atoms with Crippen molar-refractivity contribution in [1.82, 2.24) is 15.0 Å². The second-order valence-electron chi connectivity index (χ2n) is 8.14. The predicted octanol–water partition coefficient (Wildman–Crippen LogP) is 3.29. The molecule has 2 saturated heterocycles. The normalized spacial score (nSPS) is 21.9. The number of rotatable bonds is 4. The number of aromatic nitrogens is 2. The fourth-order valence-corrected chi connectivity index (χ4v) is 4.27. The van der Waals surface area contributed by atoms with Crippen LogP contribution in [-0.4, -0.2) is 60.4 Å². The van der Waals surface area contributed by atoms with Gasteiger partial charge in [-0.1, -0.05) is 32.0 Å². The summed E-state index contributed by atoms with van der Waals surface area (Å²) in [6.07, 6.45) is 2.45. The van der Waals surface area contributed by atoms with Crippen LogP contribution < -0.4 is 9.80 Å². The minimum atomic E-state index is 0.279. The van der Waals surface area contributed by atoms with Crippen molar-refractivity contribution in [2.75, 3.05) is 49.1 Å². The maximum absolute atomic E-state index is 5.41. The van der Waals surface area contributed by atoms with Crippen molar-refractivity contribution in [2.24, 2.45) is 0 Å². The highest BCUT2D eigenvalue weighted by Gasteiger charge is 2.30. The molecule has 0 unspecified atom stereocenters. The lowest BCUT2D eigenvalue weighted by atomic mass is 10.0. The Labute approximate surface area is 162 Å². The molecule has 3 heterocycles. The van der Waals surface area contributed by atoms with Gasteiger partial charge in [0, 0.05) is 56.9 Å². The molecule has 2 aliphatic heterocycles. The third kappa shape index (κ3) is 3.95. The lowest BCUT2D eigenvalue weighted by Gasteiger charge is -2.43. The summed E-state index contributed by atoms with van der Waals surface area (Å²) >= 11 is 0. The SMILES string of the molecule is Cc1ccccc1N1CCN([C@H]2CCCN(c3noc(C(C)C)n3)C2)CC1. The van der Waals surface area contributed by atoms with Gasteiger partial charge in [0.1, 0.15) is 0 Å². The van der Waals surface area contributed by atoms with E-state index in [1.54, 1.807) is 0 Å². The number of aryl methyl sites for hydroxylation is 1. The highest BCUT2D eigenvalue weighted by Crippen LogP contribution is 2.25.